The number of rotatable bonds is 5. The summed E-state index contributed by atoms with van der Waals surface area (Å²) < 4.78 is 2.07. The van der Waals surface area contributed by atoms with E-state index < -0.39 is 0 Å². The molecule has 0 bridgehead atoms. The second-order valence-corrected chi connectivity index (χ2v) is 7.13. The van der Waals surface area contributed by atoms with Crippen molar-refractivity contribution in [1.82, 2.24) is 15.4 Å². The van der Waals surface area contributed by atoms with Crippen LogP contribution in [-0.4, -0.2) is 15.6 Å². The van der Waals surface area contributed by atoms with Crippen molar-refractivity contribution in [3.05, 3.63) is 66.4 Å². The van der Waals surface area contributed by atoms with Crippen LogP contribution in [0.1, 0.15) is 31.7 Å². The van der Waals surface area contributed by atoms with Gasteiger partial charge in [0.25, 0.3) is 0 Å². The second kappa shape index (κ2) is 8.68. The minimum atomic E-state index is -0.118. The van der Waals surface area contributed by atoms with Gasteiger partial charge in [-0.1, -0.05) is 44.2 Å². The van der Waals surface area contributed by atoms with E-state index in [4.69, 9.17) is 12.2 Å². The molecular formula is C21H24N4OS. The average molecular weight is 381 g/mol. The zero-order valence-corrected chi connectivity index (χ0v) is 16.3. The third kappa shape index (κ3) is 5.08. The number of carbonyl (C=O) groups excluding carboxylic acids is 1. The first-order valence-electron chi connectivity index (χ1n) is 9.02. The lowest BCUT2D eigenvalue weighted by Gasteiger charge is -2.13. The molecule has 1 aromatic heterocycles. The number of thiocarbonyl (C=S) groups is 1. The summed E-state index contributed by atoms with van der Waals surface area (Å²) in [4.78, 5) is 12.1. The van der Waals surface area contributed by atoms with E-state index in [1.54, 1.807) is 0 Å². The summed E-state index contributed by atoms with van der Waals surface area (Å²) in [5.74, 6) is 0.368. The van der Waals surface area contributed by atoms with Crippen molar-refractivity contribution in [3.63, 3.8) is 0 Å². The van der Waals surface area contributed by atoms with Gasteiger partial charge in [0, 0.05) is 30.4 Å². The van der Waals surface area contributed by atoms with E-state index in [1.807, 2.05) is 30.5 Å². The molecule has 0 unspecified atom stereocenters. The van der Waals surface area contributed by atoms with Crippen LogP contribution in [0.4, 0.5) is 5.69 Å². The fourth-order valence-electron chi connectivity index (χ4n) is 2.86. The number of hydrogen-bond donors (Lipinski definition) is 3. The Morgan fingerprint density at radius 2 is 1.78 bits per heavy atom. The van der Waals surface area contributed by atoms with E-state index in [1.165, 1.54) is 10.9 Å². The van der Waals surface area contributed by atoms with Crippen molar-refractivity contribution >= 4 is 39.8 Å². The highest BCUT2D eigenvalue weighted by Gasteiger charge is 2.06. The number of nitrogens with zero attached hydrogens (tertiary/aromatic N) is 1. The average Bonchev–Trinajstić information content (AvgIpc) is 3.08. The van der Waals surface area contributed by atoms with Gasteiger partial charge in [0.2, 0.25) is 5.91 Å². The second-order valence-electron chi connectivity index (χ2n) is 6.72. The summed E-state index contributed by atoms with van der Waals surface area (Å²) >= 11 is 5.22. The van der Waals surface area contributed by atoms with Gasteiger partial charge in [-0.2, -0.15) is 0 Å². The topological polar surface area (TPSA) is 58.1 Å². The maximum absolute atomic E-state index is 12.1. The van der Waals surface area contributed by atoms with E-state index >= 15 is 0 Å². The van der Waals surface area contributed by atoms with Crippen LogP contribution in [0.3, 0.4) is 0 Å². The van der Waals surface area contributed by atoms with E-state index in [0.29, 0.717) is 24.0 Å². The first-order chi connectivity index (χ1) is 13.0. The van der Waals surface area contributed by atoms with Gasteiger partial charge in [0.15, 0.2) is 5.11 Å². The monoisotopic (exact) mass is 380 g/mol. The third-order valence-electron chi connectivity index (χ3n) is 4.41. The number of aryl methyl sites for hydroxylation is 1. The lowest BCUT2D eigenvalue weighted by Crippen LogP contribution is -2.43. The summed E-state index contributed by atoms with van der Waals surface area (Å²) in [5.41, 5.74) is 8.66. The van der Waals surface area contributed by atoms with Crippen molar-refractivity contribution in [2.75, 3.05) is 5.32 Å². The van der Waals surface area contributed by atoms with Gasteiger partial charge in [-0.15, -0.1) is 0 Å². The van der Waals surface area contributed by atoms with Crippen molar-refractivity contribution in [2.24, 2.45) is 0 Å². The molecule has 3 N–H and O–H groups in total. The Labute approximate surface area is 164 Å². The molecule has 1 heterocycles. The number of hydrazine groups is 1. The Morgan fingerprint density at radius 3 is 2.52 bits per heavy atom. The van der Waals surface area contributed by atoms with Crippen LogP contribution in [0.5, 0.6) is 0 Å². The van der Waals surface area contributed by atoms with Gasteiger partial charge < -0.3 is 9.88 Å². The Bertz CT molecular complexity index is 931. The van der Waals surface area contributed by atoms with Gasteiger partial charge in [-0.3, -0.25) is 15.6 Å². The summed E-state index contributed by atoms with van der Waals surface area (Å²) in [6.07, 6.45) is 2.36. The Hall–Kier alpha value is -2.86. The number of anilines is 1. The standard InChI is InChI=1S/C21H24N4OS/c1-15(2)16-7-9-18(10-8-16)22-21(27)24-23-20(26)12-14-25-13-11-17-5-3-4-6-19(17)25/h3-11,13,15H,12,14H2,1-2H3,(H,23,26)(H2,22,24,27). The first kappa shape index (κ1) is 18.9. The molecule has 6 heteroatoms. The smallest absolute Gasteiger partial charge is 0.240 e. The lowest BCUT2D eigenvalue weighted by molar-refractivity contribution is -0.121. The predicted molar refractivity (Wildman–Crippen MR) is 115 cm³/mol. The Kier molecular flexibility index (Phi) is 6.08. The molecule has 0 aliphatic rings. The molecule has 0 saturated heterocycles. The summed E-state index contributed by atoms with van der Waals surface area (Å²) in [5, 5.41) is 4.58. The third-order valence-corrected chi connectivity index (χ3v) is 4.61. The first-order valence-corrected chi connectivity index (χ1v) is 9.43. The highest BCUT2D eigenvalue weighted by atomic mass is 32.1. The molecule has 3 rings (SSSR count). The molecule has 27 heavy (non-hydrogen) atoms. The Morgan fingerprint density at radius 1 is 1.04 bits per heavy atom. The number of carbonyl (C=O) groups is 1. The SMILES string of the molecule is CC(C)c1ccc(NC(=S)NNC(=O)CCn2ccc3ccccc32)cc1. The van der Waals surface area contributed by atoms with Gasteiger partial charge in [0.05, 0.1) is 0 Å². The minimum Gasteiger partial charge on any atom is -0.347 e. The molecule has 0 aliphatic heterocycles. The molecule has 0 aliphatic carbocycles. The van der Waals surface area contributed by atoms with Crippen LogP contribution < -0.4 is 16.2 Å². The van der Waals surface area contributed by atoms with E-state index in [2.05, 4.69) is 64.9 Å². The molecular weight excluding hydrogens is 356 g/mol. The van der Waals surface area contributed by atoms with Gasteiger partial charge in [-0.25, -0.2) is 0 Å². The fraction of sp³-hybridized carbons (Fsp3) is 0.238. The number of nitrogens with one attached hydrogen (secondary N) is 3. The number of fused-ring (bicyclic) bond motifs is 1. The highest BCUT2D eigenvalue weighted by Crippen LogP contribution is 2.17. The molecule has 140 valence electrons. The van der Waals surface area contributed by atoms with E-state index in [-0.39, 0.29) is 5.91 Å². The number of amides is 1. The molecule has 2 aromatic carbocycles. The van der Waals surface area contributed by atoms with Crippen LogP contribution in [0.25, 0.3) is 10.9 Å². The lowest BCUT2D eigenvalue weighted by atomic mass is 10.0. The maximum Gasteiger partial charge on any atom is 0.240 e. The Balaban J connectivity index is 1.44. The predicted octanol–water partition coefficient (Wildman–Crippen LogP) is 4.17. The largest absolute Gasteiger partial charge is 0.347 e. The molecule has 0 spiro atoms. The van der Waals surface area contributed by atoms with Crippen LogP contribution >= 0.6 is 12.2 Å². The zero-order chi connectivity index (χ0) is 19.2. The molecule has 1 amide bonds. The number of hydrogen-bond acceptors (Lipinski definition) is 2. The van der Waals surface area contributed by atoms with E-state index in [9.17, 15) is 4.79 Å². The quantitative estimate of drug-likeness (QED) is 0.459. The van der Waals surface area contributed by atoms with Crippen LogP contribution in [-0.2, 0) is 11.3 Å². The van der Waals surface area contributed by atoms with Gasteiger partial charge in [-0.05, 0) is 53.4 Å². The zero-order valence-electron chi connectivity index (χ0n) is 15.5. The van der Waals surface area contributed by atoms with Crippen molar-refractivity contribution < 1.29 is 4.79 Å². The molecule has 5 nitrogen and oxygen atoms in total. The minimum absolute atomic E-state index is 0.118. The number of aromatic nitrogens is 1. The maximum atomic E-state index is 12.1. The van der Waals surface area contributed by atoms with Crippen LogP contribution in [0.15, 0.2) is 60.8 Å². The summed E-state index contributed by atoms with van der Waals surface area (Å²) in [7, 11) is 0. The molecule has 3 aromatic rings. The van der Waals surface area contributed by atoms with E-state index in [0.717, 1.165) is 11.2 Å². The fourth-order valence-corrected chi connectivity index (χ4v) is 3.03. The van der Waals surface area contributed by atoms with Gasteiger partial charge in [0.1, 0.15) is 0 Å². The van der Waals surface area contributed by atoms with Crippen LogP contribution in [0, 0.1) is 0 Å². The van der Waals surface area contributed by atoms with Crippen LogP contribution in [0.2, 0.25) is 0 Å². The van der Waals surface area contributed by atoms with Crippen molar-refractivity contribution in [3.8, 4) is 0 Å². The van der Waals surface area contributed by atoms with Gasteiger partial charge >= 0.3 is 0 Å². The molecule has 0 atom stereocenters. The highest BCUT2D eigenvalue weighted by molar-refractivity contribution is 7.80. The normalized spacial score (nSPS) is 10.8. The molecule has 0 fully saturated rings. The summed E-state index contributed by atoms with van der Waals surface area (Å²) in [6, 6.07) is 18.2. The number of para-hydroxylation sites is 1. The summed E-state index contributed by atoms with van der Waals surface area (Å²) in [6.45, 7) is 4.92. The van der Waals surface area contributed by atoms with Crippen molar-refractivity contribution in [1.29, 1.82) is 0 Å². The molecule has 0 radical (unpaired) electrons. The van der Waals surface area contributed by atoms with Crippen molar-refractivity contribution in [2.45, 2.75) is 32.7 Å². The number of benzene rings is 2. The molecule has 0 saturated carbocycles.